The van der Waals surface area contributed by atoms with E-state index in [4.69, 9.17) is 4.74 Å². The molecule has 0 spiro atoms. The highest BCUT2D eigenvalue weighted by Crippen LogP contribution is 2.33. The van der Waals surface area contributed by atoms with Crippen molar-refractivity contribution in [3.05, 3.63) is 54.2 Å². The Labute approximate surface area is 165 Å². The predicted molar refractivity (Wildman–Crippen MR) is 98.1 cm³/mol. The van der Waals surface area contributed by atoms with E-state index >= 15 is 0 Å². The summed E-state index contributed by atoms with van der Waals surface area (Å²) in [5.74, 6) is -2.88. The van der Waals surface area contributed by atoms with Crippen molar-refractivity contribution in [1.82, 2.24) is 10.3 Å². The maximum atomic E-state index is 14.0. The number of aromatic nitrogens is 1. The van der Waals surface area contributed by atoms with Crippen molar-refractivity contribution < 1.29 is 32.2 Å². The van der Waals surface area contributed by atoms with E-state index in [0.717, 1.165) is 0 Å². The number of alkyl halides is 3. The zero-order chi connectivity index (χ0) is 21.5. The van der Waals surface area contributed by atoms with Crippen LogP contribution in [0.5, 0.6) is 5.75 Å². The molecule has 1 heterocycles. The predicted octanol–water partition coefficient (Wildman–Crippen LogP) is 2.82. The number of carbonyl (C=O) groups is 2. The number of esters is 1. The quantitative estimate of drug-likeness (QED) is 0.513. The molecule has 10 heteroatoms. The number of ether oxygens (including phenoxy) is 2. The molecule has 0 saturated carbocycles. The number of anilines is 1. The van der Waals surface area contributed by atoms with Crippen LogP contribution in [0.4, 0.5) is 19.0 Å². The van der Waals surface area contributed by atoms with Gasteiger partial charge in [0.15, 0.2) is 6.61 Å². The van der Waals surface area contributed by atoms with Crippen LogP contribution in [-0.2, 0) is 14.3 Å². The van der Waals surface area contributed by atoms with Crippen molar-refractivity contribution in [2.24, 2.45) is 0 Å². The molecule has 2 aromatic rings. The van der Waals surface area contributed by atoms with Crippen molar-refractivity contribution in [2.45, 2.75) is 25.7 Å². The van der Waals surface area contributed by atoms with Crippen LogP contribution in [0.2, 0.25) is 0 Å². The molecule has 1 amide bonds. The van der Waals surface area contributed by atoms with Gasteiger partial charge in [-0.2, -0.15) is 13.2 Å². The van der Waals surface area contributed by atoms with Crippen molar-refractivity contribution in [3.8, 4) is 5.75 Å². The van der Waals surface area contributed by atoms with Crippen LogP contribution in [-0.4, -0.2) is 41.9 Å². The summed E-state index contributed by atoms with van der Waals surface area (Å²) in [6.07, 6.45) is -3.97. The first-order chi connectivity index (χ1) is 13.7. The van der Waals surface area contributed by atoms with Crippen LogP contribution >= 0.6 is 0 Å². The maximum absolute atomic E-state index is 14.0. The summed E-state index contributed by atoms with van der Waals surface area (Å²) >= 11 is 0. The van der Waals surface area contributed by atoms with Crippen LogP contribution in [0.25, 0.3) is 0 Å². The number of nitrogens with one attached hydrogen (secondary N) is 2. The molecule has 0 aliphatic rings. The fourth-order valence-corrected chi connectivity index (χ4v) is 2.34. The third-order valence-electron chi connectivity index (χ3n) is 3.68. The molecule has 0 saturated heterocycles. The first-order valence-electron chi connectivity index (χ1n) is 8.61. The van der Waals surface area contributed by atoms with E-state index < -0.39 is 30.3 Å². The standard InChI is InChI=1S/C19H20F3N3O4/c1-3-28-17(27)18(19(20,21)22,24-15-11-13(2)9-10-23-15)25-16(26)12-29-14-7-5-4-6-8-14/h4-11H,3,12H2,1-2H3,(H,23,24)(H,25,26). The monoisotopic (exact) mass is 411 g/mol. The second kappa shape index (κ2) is 9.26. The van der Waals surface area contributed by atoms with E-state index in [1.807, 2.05) is 5.32 Å². The van der Waals surface area contributed by atoms with Crippen LogP contribution in [0.3, 0.4) is 0 Å². The average molecular weight is 411 g/mol. The third-order valence-corrected chi connectivity index (χ3v) is 3.68. The highest BCUT2D eigenvalue weighted by atomic mass is 19.4. The Morgan fingerprint density at radius 3 is 2.41 bits per heavy atom. The first-order valence-corrected chi connectivity index (χ1v) is 8.61. The molecule has 1 aromatic carbocycles. The molecule has 156 valence electrons. The molecule has 7 nitrogen and oxygen atoms in total. The number of hydrogen-bond acceptors (Lipinski definition) is 6. The van der Waals surface area contributed by atoms with E-state index in [-0.39, 0.29) is 18.2 Å². The van der Waals surface area contributed by atoms with Gasteiger partial charge < -0.3 is 20.1 Å². The molecular formula is C19H20F3N3O4. The Bertz CT molecular complexity index is 846. The normalized spacial score (nSPS) is 13.1. The van der Waals surface area contributed by atoms with Gasteiger partial charge in [0.2, 0.25) is 0 Å². The molecule has 0 radical (unpaired) electrons. The molecule has 1 atom stereocenters. The number of pyridine rings is 1. The minimum Gasteiger partial charge on any atom is -0.484 e. The van der Waals surface area contributed by atoms with Gasteiger partial charge in [-0.3, -0.25) is 4.79 Å². The van der Waals surface area contributed by atoms with E-state index in [2.05, 4.69) is 9.72 Å². The molecule has 2 N–H and O–H groups in total. The van der Waals surface area contributed by atoms with Crippen LogP contribution in [0.15, 0.2) is 48.7 Å². The van der Waals surface area contributed by atoms with Crippen LogP contribution in [0.1, 0.15) is 12.5 Å². The van der Waals surface area contributed by atoms with Crippen LogP contribution in [0, 0.1) is 6.92 Å². The zero-order valence-electron chi connectivity index (χ0n) is 15.7. The van der Waals surface area contributed by atoms with E-state index in [1.54, 1.807) is 36.5 Å². The second-order valence-electron chi connectivity index (χ2n) is 5.96. The Hall–Kier alpha value is -3.30. The summed E-state index contributed by atoms with van der Waals surface area (Å²) in [7, 11) is 0. The number of amides is 1. The summed E-state index contributed by atoms with van der Waals surface area (Å²) in [4.78, 5) is 28.3. The number of carbonyl (C=O) groups excluding carboxylic acids is 2. The SMILES string of the molecule is CCOC(=O)C(NC(=O)COc1ccccc1)(Nc1cc(C)ccn1)C(F)(F)F. The lowest BCUT2D eigenvalue weighted by Crippen LogP contribution is -2.70. The highest BCUT2D eigenvalue weighted by Gasteiger charge is 2.63. The molecule has 29 heavy (non-hydrogen) atoms. The van der Waals surface area contributed by atoms with Gasteiger partial charge in [0.25, 0.3) is 5.91 Å². The van der Waals surface area contributed by atoms with Gasteiger partial charge in [0.05, 0.1) is 6.61 Å². The molecule has 0 aliphatic carbocycles. The van der Waals surface area contributed by atoms with E-state index in [1.165, 1.54) is 31.3 Å². The lowest BCUT2D eigenvalue weighted by Gasteiger charge is -2.34. The second-order valence-corrected chi connectivity index (χ2v) is 5.96. The van der Waals surface area contributed by atoms with Crippen molar-refractivity contribution in [3.63, 3.8) is 0 Å². The minimum absolute atomic E-state index is 0.264. The largest absolute Gasteiger partial charge is 0.484 e. The Kier molecular flexibility index (Phi) is 7.03. The number of aryl methyl sites for hydroxylation is 1. The maximum Gasteiger partial charge on any atom is 0.441 e. The van der Waals surface area contributed by atoms with Crippen molar-refractivity contribution in [1.29, 1.82) is 0 Å². The number of benzene rings is 1. The van der Waals surface area contributed by atoms with Crippen molar-refractivity contribution in [2.75, 3.05) is 18.5 Å². The van der Waals surface area contributed by atoms with Gasteiger partial charge >= 0.3 is 17.8 Å². The lowest BCUT2D eigenvalue weighted by molar-refractivity contribution is -0.208. The molecule has 0 fully saturated rings. The summed E-state index contributed by atoms with van der Waals surface area (Å²) in [5, 5.41) is 3.67. The van der Waals surface area contributed by atoms with Gasteiger partial charge in [-0.05, 0) is 43.7 Å². The Morgan fingerprint density at radius 1 is 1.14 bits per heavy atom. The highest BCUT2D eigenvalue weighted by molar-refractivity contribution is 5.91. The Morgan fingerprint density at radius 2 is 1.83 bits per heavy atom. The minimum atomic E-state index is -5.24. The van der Waals surface area contributed by atoms with Gasteiger partial charge in [-0.25, -0.2) is 9.78 Å². The number of halogens is 3. The molecular weight excluding hydrogens is 391 g/mol. The van der Waals surface area contributed by atoms with E-state index in [9.17, 15) is 22.8 Å². The number of rotatable bonds is 8. The molecule has 0 bridgehead atoms. The van der Waals surface area contributed by atoms with Gasteiger partial charge in [0.1, 0.15) is 11.6 Å². The van der Waals surface area contributed by atoms with Crippen LogP contribution < -0.4 is 15.4 Å². The fraction of sp³-hybridized carbons (Fsp3) is 0.316. The van der Waals surface area contributed by atoms with E-state index in [0.29, 0.717) is 5.56 Å². The topological polar surface area (TPSA) is 89.5 Å². The molecule has 2 rings (SSSR count). The number of para-hydroxylation sites is 1. The molecule has 1 unspecified atom stereocenters. The fourth-order valence-electron chi connectivity index (χ4n) is 2.34. The summed E-state index contributed by atoms with van der Waals surface area (Å²) in [6.45, 7) is 1.92. The lowest BCUT2D eigenvalue weighted by atomic mass is 10.1. The smallest absolute Gasteiger partial charge is 0.441 e. The number of nitrogens with zero attached hydrogens (tertiary/aromatic N) is 1. The zero-order valence-corrected chi connectivity index (χ0v) is 15.7. The Balaban J connectivity index is 2.31. The number of hydrogen-bond donors (Lipinski definition) is 2. The first kappa shape index (κ1) is 22.0. The van der Waals surface area contributed by atoms with Gasteiger partial charge in [-0.1, -0.05) is 18.2 Å². The summed E-state index contributed by atoms with van der Waals surface area (Å²) in [6, 6.07) is 10.9. The van der Waals surface area contributed by atoms with Gasteiger partial charge in [0, 0.05) is 6.20 Å². The molecule has 1 aromatic heterocycles. The summed E-state index contributed by atoms with van der Waals surface area (Å²) < 4.78 is 51.8. The third kappa shape index (κ3) is 5.59. The summed E-state index contributed by atoms with van der Waals surface area (Å²) in [5.41, 5.74) is -2.94. The van der Waals surface area contributed by atoms with Crippen molar-refractivity contribution >= 4 is 17.7 Å². The van der Waals surface area contributed by atoms with Gasteiger partial charge in [-0.15, -0.1) is 0 Å². The molecule has 0 aliphatic heterocycles. The average Bonchev–Trinajstić information content (AvgIpc) is 2.66.